The van der Waals surface area contributed by atoms with Gasteiger partial charge in [-0.1, -0.05) is 24.3 Å². The van der Waals surface area contributed by atoms with Gasteiger partial charge < -0.3 is 20.7 Å². The van der Waals surface area contributed by atoms with Crippen LogP contribution in [0.25, 0.3) is 10.8 Å². The second kappa shape index (κ2) is 7.63. The first kappa shape index (κ1) is 18.5. The first-order chi connectivity index (χ1) is 14.0. The summed E-state index contributed by atoms with van der Waals surface area (Å²) in [6.07, 6.45) is -0.0398. The Balaban J connectivity index is 1.47. The molecular formula is C22H19N3O4. The van der Waals surface area contributed by atoms with E-state index >= 15 is 0 Å². The van der Waals surface area contributed by atoms with Crippen molar-refractivity contribution in [3.05, 3.63) is 60.7 Å². The van der Waals surface area contributed by atoms with E-state index in [1.807, 2.05) is 36.4 Å². The van der Waals surface area contributed by atoms with Gasteiger partial charge in [0.15, 0.2) is 0 Å². The highest BCUT2D eigenvalue weighted by Gasteiger charge is 2.26. The maximum Gasteiger partial charge on any atom is 0.308 e. The lowest BCUT2D eigenvalue weighted by Crippen LogP contribution is -2.36. The number of carbonyl (C=O) groups excluding carboxylic acids is 3. The number of benzene rings is 3. The van der Waals surface area contributed by atoms with Crippen molar-refractivity contribution < 1.29 is 19.1 Å². The van der Waals surface area contributed by atoms with Gasteiger partial charge in [0.05, 0.1) is 12.1 Å². The molecule has 1 heterocycles. The molecule has 1 aliphatic rings. The Labute approximate surface area is 167 Å². The summed E-state index contributed by atoms with van der Waals surface area (Å²) < 4.78 is 4.97. The molecule has 1 atom stereocenters. The van der Waals surface area contributed by atoms with Gasteiger partial charge in [0.25, 0.3) is 0 Å². The summed E-state index contributed by atoms with van der Waals surface area (Å²) in [6.45, 7) is 1.32. The first-order valence-corrected chi connectivity index (χ1v) is 9.17. The molecule has 0 saturated carbocycles. The van der Waals surface area contributed by atoms with Crippen molar-refractivity contribution in [2.75, 3.05) is 16.0 Å². The predicted molar refractivity (Wildman–Crippen MR) is 111 cm³/mol. The van der Waals surface area contributed by atoms with Crippen LogP contribution in [0.15, 0.2) is 60.7 Å². The third-order valence-corrected chi connectivity index (χ3v) is 4.60. The molecule has 7 nitrogen and oxygen atoms in total. The van der Waals surface area contributed by atoms with E-state index < -0.39 is 12.0 Å². The van der Waals surface area contributed by atoms with Crippen LogP contribution in [0.2, 0.25) is 0 Å². The van der Waals surface area contributed by atoms with Crippen LogP contribution in [0, 0.1) is 0 Å². The normalized spacial score (nSPS) is 15.1. The molecule has 0 aliphatic carbocycles. The number of anilines is 3. The SMILES string of the molecule is CC(=O)Oc1ccc(NC(=O)CC2Nc3cccc4cccc(c34)NC2=O)cc1. The average molecular weight is 389 g/mol. The Morgan fingerprint density at radius 1 is 1.00 bits per heavy atom. The lowest BCUT2D eigenvalue weighted by atomic mass is 10.1. The number of nitrogens with one attached hydrogen (secondary N) is 3. The second-order valence-electron chi connectivity index (χ2n) is 6.77. The fraction of sp³-hybridized carbons (Fsp3) is 0.136. The van der Waals surface area contributed by atoms with Gasteiger partial charge in [-0.3, -0.25) is 14.4 Å². The maximum absolute atomic E-state index is 12.7. The summed E-state index contributed by atoms with van der Waals surface area (Å²) >= 11 is 0. The van der Waals surface area contributed by atoms with E-state index in [-0.39, 0.29) is 18.2 Å². The van der Waals surface area contributed by atoms with E-state index in [0.717, 1.165) is 22.1 Å². The van der Waals surface area contributed by atoms with Gasteiger partial charge in [-0.05, 0) is 41.8 Å². The second-order valence-corrected chi connectivity index (χ2v) is 6.77. The smallest absolute Gasteiger partial charge is 0.308 e. The van der Waals surface area contributed by atoms with Crippen molar-refractivity contribution >= 4 is 45.6 Å². The van der Waals surface area contributed by atoms with E-state index in [4.69, 9.17) is 4.74 Å². The van der Waals surface area contributed by atoms with Gasteiger partial charge in [0.1, 0.15) is 11.8 Å². The van der Waals surface area contributed by atoms with Crippen LogP contribution in [0.1, 0.15) is 13.3 Å². The quantitative estimate of drug-likeness (QED) is 0.469. The third-order valence-electron chi connectivity index (χ3n) is 4.60. The Kier molecular flexibility index (Phi) is 4.87. The molecule has 7 heteroatoms. The molecule has 0 fully saturated rings. The summed E-state index contributed by atoms with van der Waals surface area (Å²) in [5, 5.41) is 10.8. The van der Waals surface area contributed by atoms with Crippen molar-refractivity contribution in [1.29, 1.82) is 0 Å². The van der Waals surface area contributed by atoms with Crippen LogP contribution < -0.4 is 20.7 Å². The Hall–Kier alpha value is -3.87. The lowest BCUT2D eigenvalue weighted by Gasteiger charge is -2.16. The number of hydrogen-bond donors (Lipinski definition) is 3. The fourth-order valence-corrected chi connectivity index (χ4v) is 3.35. The first-order valence-electron chi connectivity index (χ1n) is 9.17. The van der Waals surface area contributed by atoms with E-state index in [1.165, 1.54) is 6.92 Å². The topological polar surface area (TPSA) is 96.5 Å². The molecule has 29 heavy (non-hydrogen) atoms. The molecule has 4 rings (SSSR count). The van der Waals surface area contributed by atoms with Gasteiger partial charge in [-0.15, -0.1) is 0 Å². The Morgan fingerprint density at radius 2 is 1.69 bits per heavy atom. The summed E-state index contributed by atoms with van der Waals surface area (Å²) in [4.78, 5) is 36.1. The van der Waals surface area contributed by atoms with Crippen LogP contribution in [0.5, 0.6) is 5.75 Å². The maximum atomic E-state index is 12.7. The summed E-state index contributed by atoms with van der Waals surface area (Å²) in [5.74, 6) is -0.598. The predicted octanol–water partition coefficient (Wildman–Crippen LogP) is 3.53. The van der Waals surface area contributed by atoms with E-state index in [0.29, 0.717) is 11.4 Å². The van der Waals surface area contributed by atoms with Gasteiger partial charge in [0.2, 0.25) is 11.8 Å². The van der Waals surface area contributed by atoms with E-state index in [2.05, 4.69) is 16.0 Å². The third kappa shape index (κ3) is 4.03. The zero-order valence-corrected chi connectivity index (χ0v) is 15.7. The molecule has 3 aromatic carbocycles. The minimum atomic E-state index is -0.715. The average Bonchev–Trinajstić information content (AvgIpc) is 2.81. The number of ether oxygens (including phenoxy) is 1. The standard InChI is InChI=1S/C22H19N3O4/c1-13(26)29-16-10-8-15(9-11-16)23-20(27)12-19-22(28)25-18-7-3-5-14-4-2-6-17(24-19)21(14)18/h2-11,19,24H,12H2,1H3,(H,23,27)(H,25,28). The molecule has 0 saturated heterocycles. The van der Waals surface area contributed by atoms with Gasteiger partial charge >= 0.3 is 5.97 Å². The lowest BCUT2D eigenvalue weighted by molar-refractivity contribution is -0.131. The van der Waals surface area contributed by atoms with Gasteiger partial charge in [-0.2, -0.15) is 0 Å². The van der Waals surface area contributed by atoms with Crippen LogP contribution in [0.3, 0.4) is 0 Å². The molecule has 1 aliphatic heterocycles. The van der Waals surface area contributed by atoms with E-state index in [9.17, 15) is 14.4 Å². The highest BCUT2D eigenvalue weighted by Crippen LogP contribution is 2.33. The molecule has 1 unspecified atom stereocenters. The molecule has 2 amide bonds. The number of rotatable bonds is 4. The zero-order chi connectivity index (χ0) is 20.4. The van der Waals surface area contributed by atoms with Crippen LogP contribution >= 0.6 is 0 Å². The van der Waals surface area contributed by atoms with E-state index in [1.54, 1.807) is 24.3 Å². The fourth-order valence-electron chi connectivity index (χ4n) is 3.35. The molecule has 3 aromatic rings. The van der Waals surface area contributed by atoms with Crippen molar-refractivity contribution in [3.8, 4) is 5.75 Å². The highest BCUT2D eigenvalue weighted by molar-refractivity contribution is 6.13. The van der Waals surface area contributed by atoms with Crippen molar-refractivity contribution in [1.82, 2.24) is 0 Å². The molecule has 146 valence electrons. The van der Waals surface area contributed by atoms with Crippen molar-refractivity contribution in [2.45, 2.75) is 19.4 Å². The highest BCUT2D eigenvalue weighted by atomic mass is 16.5. The molecule has 0 spiro atoms. The molecule has 0 bridgehead atoms. The van der Waals surface area contributed by atoms with Gasteiger partial charge in [0, 0.05) is 23.7 Å². The Bertz CT molecular complexity index is 1100. The molecule has 3 N–H and O–H groups in total. The molecular weight excluding hydrogens is 370 g/mol. The largest absolute Gasteiger partial charge is 0.427 e. The van der Waals surface area contributed by atoms with Gasteiger partial charge in [-0.25, -0.2) is 0 Å². The Morgan fingerprint density at radius 3 is 2.38 bits per heavy atom. The van der Waals surface area contributed by atoms with Crippen LogP contribution in [-0.2, 0) is 14.4 Å². The summed E-state index contributed by atoms with van der Waals surface area (Å²) in [5.41, 5.74) is 2.07. The van der Waals surface area contributed by atoms with Crippen LogP contribution in [0.4, 0.5) is 17.1 Å². The summed E-state index contributed by atoms with van der Waals surface area (Å²) in [6, 6.07) is 17.2. The number of amides is 2. The number of esters is 1. The zero-order valence-electron chi connectivity index (χ0n) is 15.7. The van der Waals surface area contributed by atoms with Crippen molar-refractivity contribution in [3.63, 3.8) is 0 Å². The minimum Gasteiger partial charge on any atom is -0.427 e. The van der Waals surface area contributed by atoms with Crippen molar-refractivity contribution in [2.24, 2.45) is 0 Å². The molecule has 0 radical (unpaired) electrons. The van der Waals surface area contributed by atoms with Crippen LogP contribution in [-0.4, -0.2) is 23.8 Å². The number of hydrogen-bond acceptors (Lipinski definition) is 5. The molecule has 0 aromatic heterocycles. The number of carbonyl (C=O) groups is 3. The summed E-state index contributed by atoms with van der Waals surface area (Å²) in [7, 11) is 0. The minimum absolute atomic E-state index is 0.0398. The monoisotopic (exact) mass is 389 g/mol.